The summed E-state index contributed by atoms with van der Waals surface area (Å²) < 4.78 is 39.7. The molecule has 2 aliphatic rings. The molecule has 0 aliphatic carbocycles. The summed E-state index contributed by atoms with van der Waals surface area (Å²) >= 11 is 0. The fourth-order valence-corrected chi connectivity index (χ4v) is 5.78. The number of piperidine rings is 1. The van der Waals surface area contributed by atoms with Crippen molar-refractivity contribution in [3.63, 3.8) is 0 Å². The van der Waals surface area contributed by atoms with E-state index in [1.807, 2.05) is 25.2 Å². The van der Waals surface area contributed by atoms with Crippen LogP contribution in [0, 0.1) is 5.82 Å². The van der Waals surface area contributed by atoms with Crippen molar-refractivity contribution in [3.8, 4) is 0 Å². The first-order valence-corrected chi connectivity index (χ1v) is 11.1. The molecule has 2 aromatic rings. The van der Waals surface area contributed by atoms with Crippen LogP contribution in [0.1, 0.15) is 12.8 Å². The Hall–Kier alpha value is -1.26. The topological polar surface area (TPSA) is 62.2 Å². The minimum Gasteiger partial charge on any atom is -0.317 e. The Morgan fingerprint density at radius 1 is 0.933 bits per heavy atom. The van der Waals surface area contributed by atoms with Crippen molar-refractivity contribution in [2.45, 2.75) is 18.9 Å². The fraction of sp³-hybridized carbons (Fsp3) is 0.400. The molecule has 30 heavy (non-hydrogen) atoms. The maximum absolute atomic E-state index is 14.5. The number of likely N-dealkylation sites (tertiary alicyclic amines) is 1. The van der Waals surface area contributed by atoms with Gasteiger partial charge in [-0.15, -0.1) is 24.8 Å². The van der Waals surface area contributed by atoms with Crippen LogP contribution in [0.4, 0.5) is 21.5 Å². The summed E-state index contributed by atoms with van der Waals surface area (Å²) in [7, 11) is -1.40. The lowest BCUT2D eigenvalue weighted by Crippen LogP contribution is -2.44. The van der Waals surface area contributed by atoms with Crippen LogP contribution >= 0.6 is 35.8 Å². The van der Waals surface area contributed by atoms with E-state index in [1.165, 1.54) is 10.4 Å². The summed E-state index contributed by atoms with van der Waals surface area (Å²) in [4.78, 5) is 2.34. The highest BCUT2D eigenvalue weighted by Gasteiger charge is 2.42. The number of hydrogen-bond acceptors (Lipinski definition) is 6. The highest BCUT2D eigenvalue weighted by atomic mass is 35.5. The molecule has 2 heterocycles. The van der Waals surface area contributed by atoms with Crippen LogP contribution in [-0.2, 0) is 0 Å². The summed E-state index contributed by atoms with van der Waals surface area (Å²) in [5.41, 5.74) is 1.50. The quantitative estimate of drug-likeness (QED) is 0.568. The molecule has 1 fully saturated rings. The van der Waals surface area contributed by atoms with Gasteiger partial charge in [-0.1, -0.05) is 24.3 Å². The van der Waals surface area contributed by atoms with Gasteiger partial charge in [-0.25, -0.2) is 8.70 Å². The summed E-state index contributed by atoms with van der Waals surface area (Å²) in [6.45, 7) is 3.16. The maximum Gasteiger partial charge on any atom is 0.148 e. The van der Waals surface area contributed by atoms with Gasteiger partial charge in [0.2, 0.25) is 0 Å². The van der Waals surface area contributed by atoms with Gasteiger partial charge in [0.25, 0.3) is 0 Å². The van der Waals surface area contributed by atoms with Crippen LogP contribution in [0.15, 0.2) is 48.5 Å². The van der Waals surface area contributed by atoms with Crippen molar-refractivity contribution < 1.29 is 13.5 Å². The molecule has 0 spiro atoms. The Balaban J connectivity index is 0.00000160. The Morgan fingerprint density at radius 3 is 2.10 bits per heavy atom. The second kappa shape index (κ2) is 10.4. The van der Waals surface area contributed by atoms with Crippen molar-refractivity contribution in [2.24, 2.45) is 0 Å². The molecule has 2 aromatic carbocycles. The zero-order chi connectivity index (χ0) is 19.7. The van der Waals surface area contributed by atoms with Gasteiger partial charge in [0, 0.05) is 12.6 Å². The van der Waals surface area contributed by atoms with E-state index in [0.29, 0.717) is 18.3 Å². The zero-order valence-electron chi connectivity index (χ0n) is 16.8. The van der Waals surface area contributed by atoms with Gasteiger partial charge in [-0.05, 0) is 68.2 Å². The van der Waals surface area contributed by atoms with Gasteiger partial charge in [0.05, 0.1) is 17.9 Å². The van der Waals surface area contributed by atoms with Crippen molar-refractivity contribution in [2.75, 3.05) is 41.8 Å². The molecule has 0 unspecified atom stereocenters. The minimum absolute atomic E-state index is 0. The average molecular weight is 479 g/mol. The van der Waals surface area contributed by atoms with Gasteiger partial charge >= 0.3 is 0 Å². The van der Waals surface area contributed by atoms with E-state index in [0.717, 1.165) is 38.2 Å². The van der Waals surface area contributed by atoms with E-state index < -0.39 is 16.8 Å². The van der Waals surface area contributed by atoms with E-state index in [-0.39, 0.29) is 30.5 Å². The van der Waals surface area contributed by atoms with E-state index in [4.69, 9.17) is 0 Å². The number of nitrogens with zero attached hydrogens (tertiary/aromatic N) is 3. The van der Waals surface area contributed by atoms with E-state index in [1.54, 1.807) is 28.6 Å². The predicted octanol–water partition coefficient (Wildman–Crippen LogP) is 4.89. The first-order chi connectivity index (χ1) is 13.5. The number of halogens is 3. The number of nitrogens with one attached hydrogen (secondary N) is 1. The molecule has 0 atom stereocenters. The third-order valence-electron chi connectivity index (χ3n) is 5.60. The number of para-hydroxylation sites is 3. The molecule has 0 aromatic heterocycles. The van der Waals surface area contributed by atoms with Crippen molar-refractivity contribution in [1.29, 1.82) is 0 Å². The second-order valence-electron chi connectivity index (χ2n) is 7.23. The van der Waals surface area contributed by atoms with Gasteiger partial charge in [0.1, 0.15) is 11.5 Å². The average Bonchev–Trinajstić information content (AvgIpc) is 2.93. The first-order valence-electron chi connectivity index (χ1n) is 9.61. The van der Waals surface area contributed by atoms with Crippen LogP contribution in [0.5, 0.6) is 0 Å². The molecular weight excluding hydrogens is 450 g/mol. The van der Waals surface area contributed by atoms with Crippen LogP contribution in [0.3, 0.4) is 0 Å². The largest absolute Gasteiger partial charge is 0.317 e. The Morgan fingerprint density at radius 2 is 1.50 bits per heavy atom. The third-order valence-corrected chi connectivity index (χ3v) is 7.45. The molecule has 4 rings (SSSR count). The molecule has 0 saturated carbocycles. The number of rotatable bonds is 5. The summed E-state index contributed by atoms with van der Waals surface area (Å²) in [6.07, 6.45) is 2.18. The van der Waals surface area contributed by atoms with Crippen LogP contribution in [0.25, 0.3) is 0 Å². The lowest BCUT2D eigenvalue weighted by Gasteiger charge is -2.44. The molecule has 2 aliphatic heterocycles. The molecule has 0 radical (unpaired) electrons. The number of benzene rings is 2. The van der Waals surface area contributed by atoms with Crippen molar-refractivity contribution >= 4 is 52.8 Å². The normalized spacial score (nSPS) is 19.6. The molecule has 1 saturated heterocycles. The molecule has 10 heteroatoms. The van der Waals surface area contributed by atoms with E-state index in [2.05, 4.69) is 10.2 Å². The van der Waals surface area contributed by atoms with Gasteiger partial charge in [0.15, 0.2) is 0 Å². The van der Waals surface area contributed by atoms with Gasteiger partial charge in [-0.3, -0.25) is 13.4 Å². The highest BCUT2D eigenvalue weighted by Crippen LogP contribution is 2.64. The predicted molar refractivity (Wildman–Crippen MR) is 128 cm³/mol. The molecule has 6 nitrogen and oxygen atoms in total. The lowest BCUT2D eigenvalue weighted by atomic mass is 10.1. The van der Waals surface area contributed by atoms with Crippen LogP contribution in [-0.4, -0.2) is 53.3 Å². The molecule has 0 bridgehead atoms. The summed E-state index contributed by atoms with van der Waals surface area (Å²) in [5.74, 6) is -0.478. The standard InChI is InChI=1S/C20H27FN4O2S.2ClH/c1-22-16-10-12-23(13-11-16)14-15-24-19-8-4-5-9-20(19)25(28(24,26)27)18-7-3-2-6-17(18)21;;/h2-9,16,22,26-27H,10-15H2,1H3;2*1H. The van der Waals surface area contributed by atoms with Gasteiger partial charge in [-0.2, -0.15) is 0 Å². The molecular formula is C20H29Cl2FN4O2S. The number of fused-ring (bicyclic) bond motifs is 1. The Labute approximate surface area is 191 Å². The molecule has 168 valence electrons. The van der Waals surface area contributed by atoms with Crippen LogP contribution in [0.2, 0.25) is 0 Å². The first kappa shape index (κ1) is 25.0. The maximum atomic E-state index is 14.5. The summed E-state index contributed by atoms with van der Waals surface area (Å²) in [5, 5.41) is 3.32. The fourth-order valence-electron chi connectivity index (χ4n) is 4.01. The molecule has 3 N–H and O–H groups in total. The lowest BCUT2D eigenvalue weighted by molar-refractivity contribution is 0.207. The molecule has 0 amide bonds. The third kappa shape index (κ3) is 4.65. The van der Waals surface area contributed by atoms with Crippen molar-refractivity contribution in [1.82, 2.24) is 10.2 Å². The number of hydrogen-bond donors (Lipinski definition) is 3. The minimum atomic E-state index is -3.39. The van der Waals surface area contributed by atoms with Gasteiger partial charge < -0.3 is 10.2 Å². The van der Waals surface area contributed by atoms with Crippen LogP contribution < -0.4 is 13.9 Å². The summed E-state index contributed by atoms with van der Waals surface area (Å²) in [6, 6.07) is 14.1. The number of anilines is 3. The second-order valence-corrected chi connectivity index (χ2v) is 9.02. The highest BCUT2D eigenvalue weighted by molar-refractivity contribution is 8.27. The zero-order valence-corrected chi connectivity index (χ0v) is 19.2. The van der Waals surface area contributed by atoms with E-state index in [9.17, 15) is 13.5 Å². The Bertz CT molecular complexity index is 840. The van der Waals surface area contributed by atoms with Crippen molar-refractivity contribution in [3.05, 3.63) is 54.3 Å². The smallest absolute Gasteiger partial charge is 0.148 e. The monoisotopic (exact) mass is 478 g/mol. The SMILES string of the molecule is CNC1CCN(CCN2c3ccccc3N(c3ccccc3F)S2(O)O)CC1.Cl.Cl. The Kier molecular flexibility index (Phi) is 8.64. The van der Waals surface area contributed by atoms with E-state index >= 15 is 0 Å².